The summed E-state index contributed by atoms with van der Waals surface area (Å²) in [7, 11) is 0. The van der Waals surface area contributed by atoms with Crippen molar-refractivity contribution in [3.8, 4) is 0 Å². The maximum absolute atomic E-state index is 12.4. The van der Waals surface area contributed by atoms with Gasteiger partial charge in [-0.05, 0) is 74.0 Å². The van der Waals surface area contributed by atoms with E-state index in [1.165, 1.54) is 109 Å². The van der Waals surface area contributed by atoms with Crippen molar-refractivity contribution < 1.29 is 4.39 Å². The Morgan fingerprint density at radius 3 is 1.30 bits per heavy atom. The number of alkyl halides is 1. The van der Waals surface area contributed by atoms with Crippen LogP contribution in [-0.4, -0.2) is 6.67 Å². The van der Waals surface area contributed by atoms with E-state index in [0.29, 0.717) is 0 Å². The summed E-state index contributed by atoms with van der Waals surface area (Å²) in [6.45, 7) is 2.21. The molecule has 0 aromatic heterocycles. The van der Waals surface area contributed by atoms with E-state index < -0.39 is 0 Å². The highest BCUT2D eigenvalue weighted by Crippen LogP contribution is 2.44. The van der Waals surface area contributed by atoms with Crippen molar-refractivity contribution in [3.05, 3.63) is 0 Å². The van der Waals surface area contributed by atoms with E-state index in [4.69, 9.17) is 0 Å². The molecule has 3 fully saturated rings. The molecule has 3 aliphatic rings. The minimum atomic E-state index is -0.107. The lowest BCUT2D eigenvalue weighted by Gasteiger charge is -2.38. The van der Waals surface area contributed by atoms with Crippen molar-refractivity contribution in [3.63, 3.8) is 0 Å². The summed E-state index contributed by atoms with van der Waals surface area (Å²) in [6.07, 6.45) is 30.3. The second-order valence-corrected chi connectivity index (χ2v) is 11.7. The van der Waals surface area contributed by atoms with Crippen molar-refractivity contribution in [1.29, 1.82) is 0 Å². The number of halogens is 1. The average Bonchev–Trinajstić information content (AvgIpc) is 2.81. The van der Waals surface area contributed by atoms with Crippen molar-refractivity contribution in [2.24, 2.45) is 35.5 Å². The van der Waals surface area contributed by atoms with Gasteiger partial charge in [-0.3, -0.25) is 4.39 Å². The van der Waals surface area contributed by atoms with Crippen LogP contribution in [0.1, 0.15) is 142 Å². The van der Waals surface area contributed by atoms with Crippen LogP contribution >= 0.6 is 0 Å². The maximum Gasteiger partial charge on any atom is 0.0894 e. The Labute approximate surface area is 188 Å². The summed E-state index contributed by atoms with van der Waals surface area (Å²) < 4.78 is 12.4. The molecule has 1 heteroatoms. The molecule has 0 radical (unpaired) electrons. The van der Waals surface area contributed by atoms with Gasteiger partial charge in [-0.15, -0.1) is 0 Å². The molecular formula is C29H53F. The number of rotatable bonds is 12. The molecule has 3 rings (SSSR count). The zero-order chi connectivity index (χ0) is 21.0. The van der Waals surface area contributed by atoms with Gasteiger partial charge in [0.15, 0.2) is 0 Å². The number of hydrogen-bond acceptors (Lipinski definition) is 0. The van der Waals surface area contributed by atoms with Crippen LogP contribution in [0.4, 0.5) is 4.39 Å². The Hall–Kier alpha value is -0.0700. The van der Waals surface area contributed by atoms with E-state index in [0.717, 1.165) is 48.3 Å². The first-order valence-electron chi connectivity index (χ1n) is 14.3. The van der Waals surface area contributed by atoms with Gasteiger partial charge in [-0.1, -0.05) is 103 Å². The topological polar surface area (TPSA) is 0 Å². The van der Waals surface area contributed by atoms with Gasteiger partial charge in [-0.2, -0.15) is 0 Å². The third-order valence-corrected chi connectivity index (χ3v) is 9.61. The van der Waals surface area contributed by atoms with Gasteiger partial charge in [0.2, 0.25) is 0 Å². The van der Waals surface area contributed by atoms with Crippen LogP contribution in [0.25, 0.3) is 0 Å². The van der Waals surface area contributed by atoms with Gasteiger partial charge in [0.1, 0.15) is 0 Å². The van der Waals surface area contributed by atoms with E-state index in [1.807, 2.05) is 0 Å². The third-order valence-electron chi connectivity index (χ3n) is 9.61. The third kappa shape index (κ3) is 8.46. The molecule has 0 aromatic carbocycles. The van der Waals surface area contributed by atoms with Crippen LogP contribution in [0.3, 0.4) is 0 Å². The van der Waals surface area contributed by atoms with Crippen LogP contribution in [0.5, 0.6) is 0 Å². The van der Waals surface area contributed by atoms with Crippen molar-refractivity contribution in [2.45, 2.75) is 142 Å². The van der Waals surface area contributed by atoms with Gasteiger partial charge in [0.25, 0.3) is 0 Å². The number of hydrogen-bond donors (Lipinski definition) is 0. The fourth-order valence-electron chi connectivity index (χ4n) is 7.40. The number of unbranched alkanes of at least 4 members (excludes halogenated alkanes) is 3. The van der Waals surface area contributed by atoms with Gasteiger partial charge >= 0.3 is 0 Å². The summed E-state index contributed by atoms with van der Waals surface area (Å²) in [5.74, 6) is 6.08. The smallest absolute Gasteiger partial charge is 0.0894 e. The minimum Gasteiger partial charge on any atom is -0.251 e. The normalized spacial score (nSPS) is 35.4. The predicted molar refractivity (Wildman–Crippen MR) is 130 cm³/mol. The fourth-order valence-corrected chi connectivity index (χ4v) is 7.40. The Bertz CT molecular complexity index is 408. The highest BCUT2D eigenvalue weighted by atomic mass is 19.1. The molecule has 3 saturated carbocycles. The van der Waals surface area contributed by atoms with E-state index in [-0.39, 0.29) is 6.67 Å². The van der Waals surface area contributed by atoms with E-state index >= 15 is 0 Å². The molecule has 0 amide bonds. The standard InChI is InChI=1S/C29H53F/c1-2-3-4-5-7-24-9-11-26(12-10-24)13-14-27-17-21-29(22-18-27)28-19-15-25(16-20-28)8-6-23-30/h24-29H,2-23H2,1H3. The highest BCUT2D eigenvalue weighted by Gasteiger charge is 2.31. The molecule has 0 aromatic rings. The molecule has 0 bridgehead atoms. The zero-order valence-corrected chi connectivity index (χ0v) is 20.4. The summed E-state index contributed by atoms with van der Waals surface area (Å²) in [6, 6.07) is 0. The van der Waals surface area contributed by atoms with Gasteiger partial charge in [0.05, 0.1) is 6.67 Å². The lowest BCUT2D eigenvalue weighted by atomic mass is 9.68. The van der Waals surface area contributed by atoms with E-state index in [2.05, 4.69) is 6.92 Å². The molecule has 0 aliphatic heterocycles. The Kier molecular flexibility index (Phi) is 11.6. The van der Waals surface area contributed by atoms with Crippen molar-refractivity contribution in [1.82, 2.24) is 0 Å². The molecule has 176 valence electrons. The lowest BCUT2D eigenvalue weighted by molar-refractivity contribution is 0.135. The van der Waals surface area contributed by atoms with Crippen LogP contribution in [0.15, 0.2) is 0 Å². The Morgan fingerprint density at radius 1 is 0.467 bits per heavy atom. The van der Waals surface area contributed by atoms with E-state index in [9.17, 15) is 4.39 Å². The van der Waals surface area contributed by atoms with Crippen molar-refractivity contribution >= 4 is 0 Å². The molecule has 30 heavy (non-hydrogen) atoms. The Morgan fingerprint density at radius 2 is 0.867 bits per heavy atom. The average molecular weight is 421 g/mol. The second kappa shape index (κ2) is 14.2. The van der Waals surface area contributed by atoms with Gasteiger partial charge < -0.3 is 0 Å². The molecule has 0 nitrogen and oxygen atoms in total. The molecule has 3 aliphatic carbocycles. The van der Waals surface area contributed by atoms with Crippen LogP contribution in [0, 0.1) is 35.5 Å². The predicted octanol–water partition coefficient (Wildman–Crippen LogP) is 9.91. The quantitative estimate of drug-likeness (QED) is 0.275. The van der Waals surface area contributed by atoms with Crippen LogP contribution < -0.4 is 0 Å². The summed E-state index contributed by atoms with van der Waals surface area (Å²) in [4.78, 5) is 0. The molecule has 0 saturated heterocycles. The van der Waals surface area contributed by atoms with Crippen molar-refractivity contribution in [2.75, 3.05) is 6.67 Å². The molecule has 0 N–H and O–H groups in total. The second-order valence-electron chi connectivity index (χ2n) is 11.7. The first kappa shape index (κ1) is 24.6. The zero-order valence-electron chi connectivity index (χ0n) is 20.4. The monoisotopic (exact) mass is 420 g/mol. The largest absolute Gasteiger partial charge is 0.251 e. The Balaban J connectivity index is 1.22. The molecule has 0 unspecified atom stereocenters. The maximum atomic E-state index is 12.4. The lowest BCUT2D eigenvalue weighted by Crippen LogP contribution is -2.26. The molecule has 0 heterocycles. The minimum absolute atomic E-state index is 0.107. The summed E-state index contributed by atoms with van der Waals surface area (Å²) >= 11 is 0. The SMILES string of the molecule is CCCCCCC1CCC(CCC2CCC(C3CCC(CCCF)CC3)CC2)CC1. The van der Waals surface area contributed by atoms with E-state index in [1.54, 1.807) is 12.8 Å². The molecule has 0 atom stereocenters. The fraction of sp³-hybridized carbons (Fsp3) is 1.00. The van der Waals surface area contributed by atoms with Gasteiger partial charge in [0, 0.05) is 0 Å². The molecular weight excluding hydrogens is 367 g/mol. The highest BCUT2D eigenvalue weighted by molar-refractivity contribution is 4.83. The van der Waals surface area contributed by atoms with Gasteiger partial charge in [-0.25, -0.2) is 0 Å². The van der Waals surface area contributed by atoms with Crippen LogP contribution in [-0.2, 0) is 0 Å². The molecule has 0 spiro atoms. The summed E-state index contributed by atoms with van der Waals surface area (Å²) in [5.41, 5.74) is 0. The first-order valence-corrected chi connectivity index (χ1v) is 14.3. The summed E-state index contributed by atoms with van der Waals surface area (Å²) in [5, 5.41) is 0. The first-order chi connectivity index (χ1) is 14.8. The van der Waals surface area contributed by atoms with Crippen LogP contribution in [0.2, 0.25) is 0 Å².